The number of pyridine rings is 1. The average molecular weight is 301 g/mol. The summed E-state index contributed by atoms with van der Waals surface area (Å²) in [5, 5.41) is 10.1. The lowest BCUT2D eigenvalue weighted by Crippen LogP contribution is -2.25. The van der Waals surface area contributed by atoms with Gasteiger partial charge in [-0.25, -0.2) is 0 Å². The molecule has 116 valence electrons. The fourth-order valence-corrected chi connectivity index (χ4v) is 2.67. The van der Waals surface area contributed by atoms with Gasteiger partial charge in [0.25, 0.3) is 0 Å². The molecule has 7 heteroatoms. The Kier molecular flexibility index (Phi) is 4.15. The van der Waals surface area contributed by atoms with Crippen LogP contribution in [-0.2, 0) is 24.2 Å². The van der Waals surface area contributed by atoms with Crippen molar-refractivity contribution in [1.82, 2.24) is 25.8 Å². The highest BCUT2D eigenvalue weighted by molar-refractivity contribution is 5.72. The van der Waals surface area contributed by atoms with E-state index in [1.807, 2.05) is 13.1 Å². The van der Waals surface area contributed by atoms with Crippen molar-refractivity contribution in [2.75, 3.05) is 13.1 Å². The van der Waals surface area contributed by atoms with Crippen LogP contribution in [0, 0.1) is 6.92 Å². The smallest absolute Gasteiger partial charge is 0.228 e. The van der Waals surface area contributed by atoms with Crippen LogP contribution in [0.4, 0.5) is 0 Å². The summed E-state index contributed by atoms with van der Waals surface area (Å²) in [6.45, 7) is 5.70. The molecule has 0 fully saturated rings. The minimum Gasteiger partial charge on any atom is -0.356 e. The fourth-order valence-electron chi connectivity index (χ4n) is 2.67. The molecule has 1 aliphatic heterocycles. The number of carbonyl (C=O) groups excluding carboxylic acids is 1. The van der Waals surface area contributed by atoms with E-state index in [1.165, 1.54) is 18.1 Å². The maximum atomic E-state index is 10.9. The summed E-state index contributed by atoms with van der Waals surface area (Å²) < 4.78 is 5.29. The lowest BCUT2D eigenvalue weighted by atomic mass is 9.95. The second-order valence-corrected chi connectivity index (χ2v) is 5.39. The van der Waals surface area contributed by atoms with Crippen molar-refractivity contribution >= 4 is 5.91 Å². The Balaban J connectivity index is 1.85. The lowest BCUT2D eigenvalue weighted by Gasteiger charge is -2.19. The van der Waals surface area contributed by atoms with E-state index >= 15 is 0 Å². The number of aryl methyl sites for hydroxylation is 1. The van der Waals surface area contributed by atoms with Gasteiger partial charge < -0.3 is 15.2 Å². The number of fused-ring (bicyclic) bond motifs is 1. The summed E-state index contributed by atoms with van der Waals surface area (Å²) in [6, 6.07) is 0. The molecule has 2 aromatic rings. The second-order valence-electron chi connectivity index (χ2n) is 5.39. The summed E-state index contributed by atoms with van der Waals surface area (Å²) >= 11 is 0. The van der Waals surface area contributed by atoms with Gasteiger partial charge in [0.15, 0.2) is 0 Å². The van der Waals surface area contributed by atoms with Crippen molar-refractivity contribution in [3.05, 3.63) is 28.9 Å². The third kappa shape index (κ3) is 2.99. The molecule has 7 nitrogen and oxygen atoms in total. The molecule has 3 heterocycles. The summed E-state index contributed by atoms with van der Waals surface area (Å²) in [5.74, 6) is 1.04. The Morgan fingerprint density at radius 1 is 1.50 bits per heavy atom. The number of hydrogen-bond donors (Lipinski definition) is 2. The highest BCUT2D eigenvalue weighted by atomic mass is 16.5. The first-order valence-electron chi connectivity index (χ1n) is 7.40. The molecule has 2 aromatic heterocycles. The van der Waals surface area contributed by atoms with Crippen molar-refractivity contribution in [2.45, 2.75) is 33.2 Å². The summed E-state index contributed by atoms with van der Waals surface area (Å²) in [6.07, 6.45) is 3.37. The van der Waals surface area contributed by atoms with E-state index in [2.05, 4.69) is 25.8 Å². The van der Waals surface area contributed by atoms with Crippen LogP contribution in [-0.4, -0.2) is 34.1 Å². The van der Waals surface area contributed by atoms with E-state index < -0.39 is 0 Å². The average Bonchev–Trinajstić information content (AvgIpc) is 2.95. The van der Waals surface area contributed by atoms with E-state index in [0.29, 0.717) is 24.7 Å². The Hall–Kier alpha value is -2.28. The molecule has 0 radical (unpaired) electrons. The van der Waals surface area contributed by atoms with Crippen LogP contribution in [0.5, 0.6) is 0 Å². The molecule has 0 spiro atoms. The topological polar surface area (TPSA) is 92.9 Å². The highest BCUT2D eigenvalue weighted by Gasteiger charge is 2.20. The van der Waals surface area contributed by atoms with E-state index in [9.17, 15) is 4.79 Å². The maximum Gasteiger partial charge on any atom is 0.228 e. The Morgan fingerprint density at radius 3 is 3.18 bits per heavy atom. The first-order chi connectivity index (χ1) is 10.6. The van der Waals surface area contributed by atoms with Crippen molar-refractivity contribution in [3.63, 3.8) is 0 Å². The van der Waals surface area contributed by atoms with Gasteiger partial charge in [-0.15, -0.1) is 0 Å². The van der Waals surface area contributed by atoms with Gasteiger partial charge in [-0.3, -0.25) is 9.78 Å². The fraction of sp³-hybridized carbons (Fsp3) is 0.467. The number of amides is 1. The van der Waals surface area contributed by atoms with Gasteiger partial charge in [0.2, 0.25) is 17.6 Å². The maximum absolute atomic E-state index is 10.9. The summed E-state index contributed by atoms with van der Waals surface area (Å²) in [7, 11) is 0. The van der Waals surface area contributed by atoms with Crippen molar-refractivity contribution in [2.24, 2.45) is 0 Å². The highest BCUT2D eigenvalue weighted by Crippen LogP contribution is 2.28. The molecule has 0 atom stereocenters. The molecule has 2 N–H and O–H groups in total. The number of carbonyl (C=O) groups is 1. The number of aromatic nitrogens is 3. The van der Waals surface area contributed by atoms with E-state index in [0.717, 1.165) is 30.8 Å². The molecular formula is C15H19N5O2. The molecular weight excluding hydrogens is 282 g/mol. The molecule has 0 aliphatic carbocycles. The number of nitrogens with zero attached hydrogens (tertiary/aromatic N) is 3. The van der Waals surface area contributed by atoms with Crippen molar-refractivity contribution in [3.8, 4) is 11.4 Å². The SMILES string of the molecule is CC(=O)NCCc1nc(-c2c(C)ncc3c2CCNC3)no1. The quantitative estimate of drug-likeness (QED) is 0.866. The number of rotatable bonds is 4. The van der Waals surface area contributed by atoms with Gasteiger partial charge in [0.1, 0.15) is 0 Å². The van der Waals surface area contributed by atoms with Crippen molar-refractivity contribution in [1.29, 1.82) is 0 Å². The predicted octanol–water partition coefficient (Wildman–Crippen LogP) is 0.764. The molecule has 22 heavy (non-hydrogen) atoms. The van der Waals surface area contributed by atoms with E-state index in [-0.39, 0.29) is 5.91 Å². The molecule has 0 aromatic carbocycles. The van der Waals surface area contributed by atoms with Crippen LogP contribution in [0.2, 0.25) is 0 Å². The van der Waals surface area contributed by atoms with Crippen LogP contribution in [0.15, 0.2) is 10.7 Å². The minimum absolute atomic E-state index is 0.0654. The largest absolute Gasteiger partial charge is 0.356 e. The number of hydrogen-bond acceptors (Lipinski definition) is 6. The van der Waals surface area contributed by atoms with Crippen LogP contribution in [0.25, 0.3) is 11.4 Å². The zero-order valence-corrected chi connectivity index (χ0v) is 12.8. The van der Waals surface area contributed by atoms with Gasteiger partial charge in [-0.2, -0.15) is 4.98 Å². The zero-order valence-electron chi connectivity index (χ0n) is 12.8. The van der Waals surface area contributed by atoms with Gasteiger partial charge in [-0.05, 0) is 31.0 Å². The molecule has 3 rings (SSSR count). The molecule has 0 bridgehead atoms. The zero-order chi connectivity index (χ0) is 15.5. The van der Waals surface area contributed by atoms with Crippen LogP contribution >= 0.6 is 0 Å². The van der Waals surface area contributed by atoms with Crippen LogP contribution in [0.1, 0.15) is 29.6 Å². The predicted molar refractivity (Wildman–Crippen MR) is 80.1 cm³/mol. The van der Waals surface area contributed by atoms with Gasteiger partial charge in [0, 0.05) is 43.9 Å². The molecule has 0 saturated heterocycles. The van der Waals surface area contributed by atoms with Gasteiger partial charge >= 0.3 is 0 Å². The summed E-state index contributed by atoms with van der Waals surface area (Å²) in [5.41, 5.74) is 4.33. The Morgan fingerprint density at radius 2 is 2.36 bits per heavy atom. The minimum atomic E-state index is -0.0654. The Labute approximate surface area is 128 Å². The number of nitrogens with one attached hydrogen (secondary N) is 2. The van der Waals surface area contributed by atoms with Crippen LogP contribution < -0.4 is 10.6 Å². The molecule has 1 amide bonds. The normalized spacial score (nSPS) is 13.7. The lowest BCUT2D eigenvalue weighted by molar-refractivity contribution is -0.118. The van der Waals surface area contributed by atoms with Gasteiger partial charge in [-0.1, -0.05) is 5.16 Å². The third-order valence-electron chi connectivity index (χ3n) is 3.74. The Bertz CT molecular complexity index is 695. The van der Waals surface area contributed by atoms with Gasteiger partial charge in [0.05, 0.1) is 0 Å². The first-order valence-corrected chi connectivity index (χ1v) is 7.40. The summed E-state index contributed by atoms with van der Waals surface area (Å²) in [4.78, 5) is 19.8. The standard InChI is InChI=1S/C15H19N5O2/c1-9-14(12-3-5-16-7-11(12)8-18-9)15-19-13(22-20-15)4-6-17-10(2)21/h8,16H,3-7H2,1-2H3,(H,17,21). The van der Waals surface area contributed by atoms with E-state index in [1.54, 1.807) is 0 Å². The molecule has 0 saturated carbocycles. The first kappa shape index (κ1) is 14.6. The van der Waals surface area contributed by atoms with Crippen molar-refractivity contribution < 1.29 is 9.32 Å². The molecule has 0 unspecified atom stereocenters. The monoisotopic (exact) mass is 301 g/mol. The molecule has 1 aliphatic rings. The third-order valence-corrected chi connectivity index (χ3v) is 3.74. The second kappa shape index (κ2) is 6.23. The van der Waals surface area contributed by atoms with E-state index in [4.69, 9.17) is 4.52 Å². The van der Waals surface area contributed by atoms with Crippen LogP contribution in [0.3, 0.4) is 0 Å².